The molecular formula is C15H19NO4S2. The third kappa shape index (κ3) is 3.83. The van der Waals surface area contributed by atoms with Gasteiger partial charge < -0.3 is 9.15 Å². The van der Waals surface area contributed by atoms with Gasteiger partial charge in [-0.2, -0.15) is 0 Å². The molecule has 0 saturated carbocycles. The highest BCUT2D eigenvalue weighted by Gasteiger charge is 2.36. The molecule has 120 valence electrons. The summed E-state index contributed by atoms with van der Waals surface area (Å²) in [5, 5.41) is 0.598. The largest absolute Gasteiger partial charge is 0.431 e. The highest BCUT2D eigenvalue weighted by Crippen LogP contribution is 2.38. The number of rotatable bonds is 5. The van der Waals surface area contributed by atoms with Gasteiger partial charge in [-0.3, -0.25) is 0 Å². The van der Waals surface area contributed by atoms with Gasteiger partial charge in [-0.25, -0.2) is 13.4 Å². The minimum atomic E-state index is -3.03. The normalized spacial score (nSPS) is 18.6. The van der Waals surface area contributed by atoms with Crippen LogP contribution in [0.4, 0.5) is 0 Å². The van der Waals surface area contributed by atoms with E-state index in [4.69, 9.17) is 9.15 Å². The lowest BCUT2D eigenvalue weighted by atomic mass is 9.84. The van der Waals surface area contributed by atoms with Crippen LogP contribution in [0, 0.1) is 5.41 Å². The van der Waals surface area contributed by atoms with E-state index in [2.05, 4.69) is 4.98 Å². The Kier molecular flexibility index (Phi) is 4.47. The van der Waals surface area contributed by atoms with Crippen molar-refractivity contribution >= 4 is 32.7 Å². The van der Waals surface area contributed by atoms with Crippen molar-refractivity contribution in [3.8, 4) is 0 Å². The van der Waals surface area contributed by atoms with E-state index in [0.29, 0.717) is 24.2 Å². The van der Waals surface area contributed by atoms with Crippen LogP contribution in [-0.4, -0.2) is 44.4 Å². The summed E-state index contributed by atoms with van der Waals surface area (Å²) in [5.74, 6) is 0.868. The zero-order valence-corrected chi connectivity index (χ0v) is 14.1. The molecule has 1 aromatic heterocycles. The van der Waals surface area contributed by atoms with Gasteiger partial charge >= 0.3 is 0 Å². The predicted molar refractivity (Wildman–Crippen MR) is 86.9 cm³/mol. The third-order valence-corrected chi connectivity index (χ3v) is 6.21. The number of hydrogen-bond acceptors (Lipinski definition) is 6. The lowest BCUT2D eigenvalue weighted by Crippen LogP contribution is -2.38. The molecule has 7 heteroatoms. The smallest absolute Gasteiger partial charge is 0.256 e. The fourth-order valence-electron chi connectivity index (χ4n) is 2.82. The number of para-hydroxylation sites is 2. The number of sulfone groups is 1. The Bertz CT molecular complexity index is 715. The number of benzene rings is 1. The molecule has 0 unspecified atom stereocenters. The highest BCUT2D eigenvalue weighted by molar-refractivity contribution is 7.99. The van der Waals surface area contributed by atoms with Crippen molar-refractivity contribution in [2.45, 2.75) is 18.1 Å². The second kappa shape index (κ2) is 6.22. The zero-order valence-electron chi connectivity index (χ0n) is 12.4. The molecular weight excluding hydrogens is 322 g/mol. The van der Waals surface area contributed by atoms with E-state index in [1.165, 1.54) is 18.0 Å². The van der Waals surface area contributed by atoms with E-state index in [-0.39, 0.29) is 11.2 Å². The molecule has 1 fully saturated rings. The molecule has 0 amide bonds. The third-order valence-electron chi connectivity index (χ3n) is 3.90. The van der Waals surface area contributed by atoms with Crippen molar-refractivity contribution < 1.29 is 17.6 Å². The van der Waals surface area contributed by atoms with Crippen LogP contribution in [-0.2, 0) is 14.6 Å². The summed E-state index contributed by atoms with van der Waals surface area (Å²) in [6.45, 7) is 1.23. The molecule has 1 saturated heterocycles. The number of hydrogen-bond donors (Lipinski definition) is 0. The summed E-state index contributed by atoms with van der Waals surface area (Å²) in [6.07, 6.45) is 2.81. The fraction of sp³-hybridized carbons (Fsp3) is 0.533. The molecule has 5 nitrogen and oxygen atoms in total. The second-order valence-electron chi connectivity index (χ2n) is 5.92. The first-order valence-corrected chi connectivity index (χ1v) is 10.2. The van der Waals surface area contributed by atoms with E-state index in [1.807, 2.05) is 24.3 Å². The van der Waals surface area contributed by atoms with Crippen LogP contribution in [0.3, 0.4) is 0 Å². The van der Waals surface area contributed by atoms with Crippen LogP contribution in [0.15, 0.2) is 33.9 Å². The molecule has 22 heavy (non-hydrogen) atoms. The molecule has 0 bridgehead atoms. The summed E-state index contributed by atoms with van der Waals surface area (Å²) in [4.78, 5) is 4.44. The minimum absolute atomic E-state index is 0.191. The number of ether oxygens (including phenoxy) is 1. The molecule has 1 aliphatic heterocycles. The number of oxazole rings is 1. The van der Waals surface area contributed by atoms with Gasteiger partial charge in [0.2, 0.25) is 0 Å². The van der Waals surface area contributed by atoms with Crippen molar-refractivity contribution in [1.82, 2.24) is 4.98 Å². The van der Waals surface area contributed by atoms with Crippen LogP contribution in [0.25, 0.3) is 11.1 Å². The van der Waals surface area contributed by atoms with Gasteiger partial charge in [-0.15, -0.1) is 0 Å². The summed E-state index contributed by atoms with van der Waals surface area (Å²) >= 11 is 1.49. The molecule has 0 N–H and O–H groups in total. The molecule has 2 heterocycles. The maximum Gasteiger partial charge on any atom is 0.256 e. The van der Waals surface area contributed by atoms with Gasteiger partial charge in [-0.1, -0.05) is 23.9 Å². The van der Waals surface area contributed by atoms with E-state index in [1.54, 1.807) is 0 Å². The Morgan fingerprint density at radius 1 is 1.27 bits per heavy atom. The van der Waals surface area contributed by atoms with Gasteiger partial charge in [0.05, 0.1) is 5.75 Å². The van der Waals surface area contributed by atoms with E-state index < -0.39 is 9.84 Å². The molecule has 0 radical (unpaired) electrons. The van der Waals surface area contributed by atoms with E-state index in [0.717, 1.165) is 23.9 Å². The second-order valence-corrected chi connectivity index (χ2v) is 8.99. The first kappa shape index (κ1) is 15.8. The Hall–Kier alpha value is -1.05. The van der Waals surface area contributed by atoms with Crippen molar-refractivity contribution in [2.24, 2.45) is 5.41 Å². The monoisotopic (exact) mass is 341 g/mol. The van der Waals surface area contributed by atoms with Gasteiger partial charge in [-0.05, 0) is 30.4 Å². The summed E-state index contributed by atoms with van der Waals surface area (Å²) in [5.41, 5.74) is 1.33. The van der Waals surface area contributed by atoms with Crippen molar-refractivity contribution in [1.29, 1.82) is 0 Å². The first-order chi connectivity index (χ1) is 10.5. The molecule has 1 aliphatic rings. The van der Waals surface area contributed by atoms with Crippen molar-refractivity contribution in [3.63, 3.8) is 0 Å². The zero-order chi connectivity index (χ0) is 15.6. The lowest BCUT2D eigenvalue weighted by molar-refractivity contribution is 0.0362. The fourth-order valence-corrected chi connectivity index (χ4v) is 5.58. The Morgan fingerprint density at radius 3 is 2.68 bits per heavy atom. The molecule has 2 aromatic rings. The van der Waals surface area contributed by atoms with Gasteiger partial charge in [0.15, 0.2) is 5.58 Å². The Balaban J connectivity index is 1.75. The topological polar surface area (TPSA) is 69.4 Å². The Morgan fingerprint density at radius 2 is 2.00 bits per heavy atom. The van der Waals surface area contributed by atoms with Gasteiger partial charge in [0, 0.05) is 25.2 Å². The molecule has 1 aromatic carbocycles. The predicted octanol–water partition coefficient (Wildman–Crippen LogP) is 2.76. The summed E-state index contributed by atoms with van der Waals surface area (Å²) in [6, 6.07) is 7.62. The van der Waals surface area contributed by atoms with Crippen molar-refractivity contribution in [3.05, 3.63) is 24.3 Å². The number of aromatic nitrogens is 1. The minimum Gasteiger partial charge on any atom is -0.431 e. The van der Waals surface area contributed by atoms with E-state index >= 15 is 0 Å². The molecule has 3 rings (SSSR count). The average molecular weight is 341 g/mol. The standard InChI is InChI=1S/C15H19NO4S2/c1-22(17,18)11-15(6-8-19-9-7-15)10-21-14-16-12-4-2-3-5-13(12)20-14/h2-5H,6-11H2,1H3. The maximum atomic E-state index is 11.8. The lowest BCUT2D eigenvalue weighted by Gasteiger charge is -2.35. The van der Waals surface area contributed by atoms with Crippen LogP contribution in [0.5, 0.6) is 0 Å². The average Bonchev–Trinajstić information content (AvgIpc) is 2.87. The number of thioether (sulfide) groups is 1. The summed E-state index contributed by atoms with van der Waals surface area (Å²) in [7, 11) is -3.03. The van der Waals surface area contributed by atoms with Gasteiger partial charge in [0.1, 0.15) is 15.4 Å². The Labute approximate surface area is 134 Å². The maximum absolute atomic E-state index is 11.8. The summed E-state index contributed by atoms with van der Waals surface area (Å²) < 4.78 is 34.6. The van der Waals surface area contributed by atoms with Crippen LogP contribution < -0.4 is 0 Å². The van der Waals surface area contributed by atoms with Crippen LogP contribution in [0.2, 0.25) is 0 Å². The van der Waals surface area contributed by atoms with Crippen molar-refractivity contribution in [2.75, 3.05) is 31.0 Å². The van der Waals surface area contributed by atoms with Gasteiger partial charge in [0.25, 0.3) is 5.22 Å². The number of fused-ring (bicyclic) bond motifs is 1. The molecule has 0 spiro atoms. The quantitative estimate of drug-likeness (QED) is 0.779. The molecule has 0 aliphatic carbocycles. The number of nitrogens with zero attached hydrogens (tertiary/aromatic N) is 1. The highest BCUT2D eigenvalue weighted by atomic mass is 32.2. The van der Waals surface area contributed by atoms with Crippen LogP contribution >= 0.6 is 11.8 Å². The van der Waals surface area contributed by atoms with Crippen LogP contribution in [0.1, 0.15) is 12.8 Å². The molecule has 0 atom stereocenters. The van der Waals surface area contributed by atoms with E-state index in [9.17, 15) is 8.42 Å². The first-order valence-electron chi connectivity index (χ1n) is 7.20. The SMILES string of the molecule is CS(=O)(=O)CC1(CSc2nc3ccccc3o2)CCOCC1.